The third kappa shape index (κ3) is 5.87. The van der Waals surface area contributed by atoms with Gasteiger partial charge in [0, 0.05) is 0 Å². The van der Waals surface area contributed by atoms with Gasteiger partial charge in [0.1, 0.15) is 0 Å². The molecule has 0 N–H and O–H groups in total. The van der Waals surface area contributed by atoms with E-state index in [2.05, 4.69) is 71.1 Å². The molecular formula is C18H30Cl2NSiTi-. The molecular weight excluding hydrogens is 377 g/mol. The fraction of sp³-hybridized carbons (Fsp3) is 0.667. The fourth-order valence-electron chi connectivity index (χ4n) is 4.36. The van der Waals surface area contributed by atoms with E-state index in [1.54, 1.807) is 0 Å². The van der Waals surface area contributed by atoms with E-state index in [0.717, 1.165) is 35.8 Å². The minimum atomic E-state index is -1.54. The first kappa shape index (κ1) is 21.7. The Morgan fingerprint density at radius 1 is 0.913 bits per heavy atom. The van der Waals surface area contributed by atoms with Crippen molar-refractivity contribution in [2.24, 2.45) is 23.7 Å². The zero-order chi connectivity index (χ0) is 17.6. The van der Waals surface area contributed by atoms with Gasteiger partial charge in [-0.15, -0.1) is 6.54 Å². The Kier molecular flexibility index (Phi) is 9.44. The molecule has 0 aromatic heterocycles. The second-order valence-corrected chi connectivity index (χ2v) is 14.4. The molecule has 1 aliphatic carbocycles. The van der Waals surface area contributed by atoms with E-state index in [-0.39, 0.29) is 0 Å². The second kappa shape index (κ2) is 9.99. The van der Waals surface area contributed by atoms with Crippen LogP contribution in [0.15, 0.2) is 30.3 Å². The monoisotopic (exact) mass is 406 g/mol. The average molecular weight is 407 g/mol. The summed E-state index contributed by atoms with van der Waals surface area (Å²) in [6.45, 7) is 15.6. The van der Waals surface area contributed by atoms with Crippen LogP contribution in [0, 0.1) is 23.7 Å². The summed E-state index contributed by atoms with van der Waals surface area (Å²) >= 11 is -0.556. The van der Waals surface area contributed by atoms with Crippen LogP contribution in [0.5, 0.6) is 0 Å². The molecule has 0 bridgehead atoms. The van der Waals surface area contributed by atoms with Crippen molar-refractivity contribution in [3.8, 4) is 0 Å². The maximum absolute atomic E-state index is 5.22. The number of hydrogen-bond acceptors (Lipinski definition) is 0. The predicted octanol–water partition coefficient (Wildman–Crippen LogP) is 7.07. The summed E-state index contributed by atoms with van der Waals surface area (Å²) in [7, 11) is 8.24. The number of hydrogen-bond donors (Lipinski definition) is 0. The molecule has 0 heterocycles. The van der Waals surface area contributed by atoms with Crippen LogP contribution < -0.4 is 0 Å². The third-order valence-electron chi connectivity index (χ3n) is 5.95. The van der Waals surface area contributed by atoms with E-state index in [4.69, 9.17) is 23.6 Å². The molecule has 0 spiro atoms. The molecule has 1 aromatic carbocycles. The zero-order valence-corrected chi connectivity index (χ0v) is 19.3. The average Bonchev–Trinajstić information content (AvgIpc) is 2.71. The molecule has 1 aliphatic rings. The summed E-state index contributed by atoms with van der Waals surface area (Å²) in [4.78, 5) is 5.22. The van der Waals surface area contributed by atoms with Crippen molar-refractivity contribution in [3.05, 3.63) is 40.9 Å². The Labute approximate surface area is 160 Å². The molecule has 1 saturated carbocycles. The Balaban J connectivity index is 0.000000816. The van der Waals surface area contributed by atoms with Crippen LogP contribution in [0.3, 0.4) is 0 Å². The molecule has 1 nitrogen and oxygen atoms in total. The molecule has 1 aromatic rings. The van der Waals surface area contributed by atoms with Gasteiger partial charge in [-0.1, -0.05) is 90.5 Å². The van der Waals surface area contributed by atoms with Crippen molar-refractivity contribution < 1.29 is 17.0 Å². The number of halogens is 2. The van der Waals surface area contributed by atoms with Crippen molar-refractivity contribution in [2.75, 3.05) is 0 Å². The Morgan fingerprint density at radius 2 is 1.35 bits per heavy atom. The molecule has 0 amide bonds. The Bertz CT molecular complexity index is 444. The summed E-state index contributed by atoms with van der Waals surface area (Å²) in [6, 6.07) is 10.7. The van der Waals surface area contributed by atoms with Gasteiger partial charge in [-0.25, -0.2) is 0 Å². The van der Waals surface area contributed by atoms with E-state index in [1.807, 2.05) is 0 Å². The number of rotatable bonds is 4. The minimum absolute atomic E-state index is 0.556. The summed E-state index contributed by atoms with van der Waals surface area (Å²) in [5.74, 6) is 3.32. The van der Waals surface area contributed by atoms with E-state index < -0.39 is 25.3 Å². The van der Waals surface area contributed by atoms with Gasteiger partial charge < -0.3 is 4.98 Å². The third-order valence-corrected chi connectivity index (χ3v) is 9.60. The summed E-state index contributed by atoms with van der Waals surface area (Å²) in [5, 5.41) is 0. The van der Waals surface area contributed by atoms with Crippen molar-refractivity contribution in [3.63, 3.8) is 0 Å². The van der Waals surface area contributed by atoms with Gasteiger partial charge >= 0.3 is 35.6 Å². The van der Waals surface area contributed by atoms with Crippen LogP contribution >= 0.6 is 18.6 Å². The van der Waals surface area contributed by atoms with Crippen molar-refractivity contribution >= 4 is 26.8 Å². The van der Waals surface area contributed by atoms with Gasteiger partial charge in [0.2, 0.25) is 0 Å². The SMILES string of the molecule is CC1C(C)C(C)C([Si](C)(C)[N-]Cc2ccccc2)C1C.[Cl][Ti][Cl]. The molecule has 4 atom stereocenters. The molecule has 0 radical (unpaired) electrons. The van der Waals surface area contributed by atoms with E-state index >= 15 is 0 Å². The molecule has 0 saturated heterocycles. The Morgan fingerprint density at radius 3 is 1.78 bits per heavy atom. The van der Waals surface area contributed by atoms with Gasteiger partial charge in [0.25, 0.3) is 0 Å². The van der Waals surface area contributed by atoms with Gasteiger partial charge in [0.05, 0.1) is 0 Å². The number of benzene rings is 1. The summed E-state index contributed by atoms with van der Waals surface area (Å²) in [5.41, 5.74) is 2.18. The van der Waals surface area contributed by atoms with Crippen molar-refractivity contribution in [1.82, 2.24) is 0 Å². The molecule has 2 rings (SSSR count). The van der Waals surface area contributed by atoms with Gasteiger partial charge in [-0.2, -0.15) is 0 Å². The van der Waals surface area contributed by atoms with Crippen LogP contribution in [0.1, 0.15) is 33.3 Å². The molecule has 1 fully saturated rings. The normalized spacial score (nSPS) is 30.5. The standard InChI is InChI=1S/C18H30NSi.2ClH.Ti/c1-13-14(2)16(4)18(15(13)3)20(5,6)19-12-17-10-8-7-9-11-17;;;/h7-11,13-16,18H,12H2,1-6H3;2*1H;/q-1;;;+2/p-2. The number of nitrogens with zero attached hydrogens (tertiary/aromatic N) is 1. The zero-order valence-electron chi connectivity index (χ0n) is 15.2. The first-order chi connectivity index (χ1) is 10.8. The summed E-state index contributed by atoms with van der Waals surface area (Å²) in [6.07, 6.45) is 0. The van der Waals surface area contributed by atoms with Crippen LogP contribution in [0.25, 0.3) is 4.98 Å². The first-order valence-electron chi connectivity index (χ1n) is 8.45. The van der Waals surface area contributed by atoms with Crippen LogP contribution in [0.2, 0.25) is 18.6 Å². The topological polar surface area (TPSA) is 14.1 Å². The van der Waals surface area contributed by atoms with Crippen LogP contribution in [0.4, 0.5) is 0 Å². The van der Waals surface area contributed by atoms with E-state index in [0.29, 0.717) is 0 Å². The molecule has 130 valence electrons. The maximum atomic E-state index is 5.22. The first-order valence-corrected chi connectivity index (χ1v) is 15.8. The second-order valence-electron chi connectivity index (χ2n) is 7.49. The summed E-state index contributed by atoms with van der Waals surface area (Å²) < 4.78 is 0. The molecule has 0 aliphatic heterocycles. The quantitative estimate of drug-likeness (QED) is 0.474. The van der Waals surface area contributed by atoms with Crippen LogP contribution in [-0.2, 0) is 23.6 Å². The fourth-order valence-corrected chi connectivity index (χ4v) is 8.34. The van der Waals surface area contributed by atoms with Crippen LogP contribution in [-0.4, -0.2) is 8.24 Å². The van der Waals surface area contributed by atoms with Gasteiger partial charge in [-0.05, 0) is 23.7 Å². The molecule has 5 heteroatoms. The predicted molar refractivity (Wildman–Crippen MR) is 103 cm³/mol. The van der Waals surface area contributed by atoms with Gasteiger partial charge in [-0.3, -0.25) is 0 Å². The molecule has 23 heavy (non-hydrogen) atoms. The van der Waals surface area contributed by atoms with E-state index in [1.165, 1.54) is 5.56 Å². The van der Waals surface area contributed by atoms with Crippen molar-refractivity contribution in [1.29, 1.82) is 0 Å². The molecule has 4 unspecified atom stereocenters. The van der Waals surface area contributed by atoms with E-state index in [9.17, 15) is 0 Å². The van der Waals surface area contributed by atoms with Crippen molar-refractivity contribution in [2.45, 2.75) is 52.9 Å². The Hall–Kier alpha value is 0.691. The van der Waals surface area contributed by atoms with Gasteiger partial charge in [0.15, 0.2) is 0 Å².